The zero-order valence-corrected chi connectivity index (χ0v) is 18.8. The summed E-state index contributed by atoms with van der Waals surface area (Å²) < 4.78 is 6.57. The van der Waals surface area contributed by atoms with E-state index in [1.165, 1.54) is 16.0 Å². The second-order valence-corrected chi connectivity index (χ2v) is 9.54. The highest BCUT2D eigenvalue weighted by Gasteiger charge is 2.28. The molecule has 31 heavy (non-hydrogen) atoms. The molecule has 0 unspecified atom stereocenters. The van der Waals surface area contributed by atoms with Gasteiger partial charge in [-0.15, -0.1) is 11.3 Å². The number of thiophene rings is 1. The van der Waals surface area contributed by atoms with Crippen molar-refractivity contribution >= 4 is 21.6 Å². The number of fused-ring (bicyclic) bond motifs is 3. The Labute approximate surface area is 184 Å². The third-order valence-corrected chi connectivity index (χ3v) is 7.41. The summed E-state index contributed by atoms with van der Waals surface area (Å²) in [5.74, 6) is 0. The van der Waals surface area contributed by atoms with E-state index in [0.29, 0.717) is 19.1 Å². The van der Waals surface area contributed by atoms with Gasteiger partial charge in [0.1, 0.15) is 16.2 Å². The van der Waals surface area contributed by atoms with Crippen LogP contribution in [0.5, 0.6) is 0 Å². The zero-order valence-electron chi connectivity index (χ0n) is 18.0. The fourth-order valence-corrected chi connectivity index (χ4v) is 5.57. The van der Waals surface area contributed by atoms with E-state index in [0.717, 1.165) is 46.4 Å². The fraction of sp³-hybridized carbons (Fsp3) is 0.391. The number of hydrogen-bond donors (Lipinski definition) is 0. The molecule has 0 spiro atoms. The van der Waals surface area contributed by atoms with Crippen molar-refractivity contribution < 1.29 is 4.63 Å². The Morgan fingerprint density at radius 2 is 2.03 bits per heavy atom. The normalized spacial score (nSPS) is 16.2. The van der Waals surface area contributed by atoms with E-state index in [1.807, 2.05) is 6.92 Å². The minimum absolute atomic E-state index is 0.0687. The predicted molar refractivity (Wildman–Crippen MR) is 120 cm³/mol. The van der Waals surface area contributed by atoms with Crippen LogP contribution in [0.25, 0.3) is 10.2 Å². The Balaban J connectivity index is 1.40. The maximum Gasteiger partial charge on any atom is 0.262 e. The van der Waals surface area contributed by atoms with Crippen molar-refractivity contribution in [2.75, 3.05) is 7.05 Å². The van der Waals surface area contributed by atoms with Crippen LogP contribution < -0.4 is 5.56 Å². The lowest BCUT2D eigenvalue weighted by atomic mass is 9.92. The summed E-state index contributed by atoms with van der Waals surface area (Å²) in [7, 11) is 2.11. The minimum Gasteiger partial charge on any atom is -0.297 e. The summed E-state index contributed by atoms with van der Waals surface area (Å²) in [6, 6.07) is 8.69. The summed E-state index contributed by atoms with van der Waals surface area (Å²) >= 11 is 1.67. The molecule has 8 heteroatoms. The first kappa shape index (κ1) is 20.1. The lowest BCUT2D eigenvalue weighted by molar-refractivity contribution is 0.207. The molecule has 0 aliphatic heterocycles. The first-order valence-electron chi connectivity index (χ1n) is 10.5. The van der Waals surface area contributed by atoms with Gasteiger partial charge in [-0.2, -0.15) is 0 Å². The highest BCUT2D eigenvalue weighted by Crippen LogP contribution is 2.35. The van der Waals surface area contributed by atoms with Gasteiger partial charge in [0.25, 0.3) is 5.56 Å². The van der Waals surface area contributed by atoms with Gasteiger partial charge in [-0.3, -0.25) is 14.3 Å². The molecule has 0 N–H and O–H groups in total. The molecule has 4 aromatic rings. The van der Waals surface area contributed by atoms with Crippen LogP contribution in [0.1, 0.15) is 39.4 Å². The molecule has 1 aliphatic carbocycles. The Bertz CT molecular complexity index is 1290. The second kappa shape index (κ2) is 8.01. The Kier molecular flexibility index (Phi) is 5.19. The Morgan fingerprint density at radius 3 is 2.77 bits per heavy atom. The largest absolute Gasteiger partial charge is 0.297 e. The van der Waals surface area contributed by atoms with Crippen LogP contribution in [0.3, 0.4) is 0 Å². The summed E-state index contributed by atoms with van der Waals surface area (Å²) in [6.45, 7) is 5.23. The molecular formula is C23H25N5O2S. The number of aromatic nitrogens is 4. The van der Waals surface area contributed by atoms with Gasteiger partial charge < -0.3 is 0 Å². The van der Waals surface area contributed by atoms with E-state index in [-0.39, 0.29) is 5.56 Å². The van der Waals surface area contributed by atoms with Gasteiger partial charge in [-0.25, -0.2) is 9.61 Å². The maximum atomic E-state index is 13.3. The minimum atomic E-state index is 0.0687. The summed E-state index contributed by atoms with van der Waals surface area (Å²) in [5.41, 5.74) is 5.30. The first-order valence-corrected chi connectivity index (χ1v) is 11.3. The van der Waals surface area contributed by atoms with Gasteiger partial charge in [-0.1, -0.05) is 40.1 Å². The Morgan fingerprint density at radius 1 is 1.23 bits per heavy atom. The smallest absolute Gasteiger partial charge is 0.262 e. The molecule has 160 valence electrons. The van der Waals surface area contributed by atoms with Crippen molar-refractivity contribution in [2.24, 2.45) is 0 Å². The molecule has 3 aromatic heterocycles. The van der Waals surface area contributed by atoms with Crippen molar-refractivity contribution in [3.8, 4) is 0 Å². The molecule has 1 aliphatic rings. The summed E-state index contributed by atoms with van der Waals surface area (Å²) in [4.78, 5) is 22.4. The van der Waals surface area contributed by atoms with E-state index < -0.39 is 0 Å². The van der Waals surface area contributed by atoms with E-state index >= 15 is 0 Å². The number of likely N-dealkylation sites (N-methyl/N-ethyl adjacent to an activating group) is 1. The van der Waals surface area contributed by atoms with E-state index in [2.05, 4.69) is 58.4 Å². The summed E-state index contributed by atoms with van der Waals surface area (Å²) in [6.07, 6.45) is 4.52. The lowest BCUT2D eigenvalue weighted by Crippen LogP contribution is -2.36. The van der Waals surface area contributed by atoms with Crippen molar-refractivity contribution in [1.29, 1.82) is 0 Å². The molecule has 1 aromatic carbocycles. The number of rotatable bonds is 5. The van der Waals surface area contributed by atoms with Crippen LogP contribution in [0, 0.1) is 13.8 Å². The van der Waals surface area contributed by atoms with Gasteiger partial charge in [0.2, 0.25) is 0 Å². The van der Waals surface area contributed by atoms with Crippen LogP contribution in [0.15, 0.2) is 40.0 Å². The van der Waals surface area contributed by atoms with E-state index in [1.54, 1.807) is 22.2 Å². The Hall–Kier alpha value is -2.84. The first-order chi connectivity index (χ1) is 15.0. The molecule has 1 atom stereocenters. The quantitative estimate of drug-likeness (QED) is 0.478. The van der Waals surface area contributed by atoms with Crippen LogP contribution in [-0.2, 0) is 25.9 Å². The van der Waals surface area contributed by atoms with Crippen LogP contribution >= 0.6 is 11.3 Å². The number of aryl methyl sites for hydroxylation is 3. The molecule has 3 heterocycles. The van der Waals surface area contributed by atoms with E-state index in [9.17, 15) is 4.79 Å². The summed E-state index contributed by atoms with van der Waals surface area (Å²) in [5, 5.41) is 8.70. The molecule has 0 saturated carbocycles. The molecule has 0 radical (unpaired) electrons. The molecule has 0 saturated heterocycles. The standard InChI is InChI=1S/C23H25N5O2S/c1-14-4-6-16(7-5-14)11-28-13-24-22-21(23(28)29)18-9-8-17(10-20(18)31-22)27(3)12-19-15(2)25-30-26-19/h4-7,13,17H,8-12H2,1-3H3/t17-/m1/s1. The van der Waals surface area contributed by atoms with Crippen molar-refractivity contribution in [3.63, 3.8) is 0 Å². The van der Waals surface area contributed by atoms with Gasteiger partial charge >= 0.3 is 0 Å². The average molecular weight is 436 g/mol. The molecule has 7 nitrogen and oxygen atoms in total. The fourth-order valence-electron chi connectivity index (χ4n) is 4.32. The molecular weight excluding hydrogens is 410 g/mol. The van der Waals surface area contributed by atoms with E-state index in [4.69, 9.17) is 4.63 Å². The SMILES string of the molecule is Cc1ccc(Cn2cnc3sc4c(c3c2=O)CC[C@@H](N(C)Cc2nonc2C)C4)cc1. The number of benzene rings is 1. The highest BCUT2D eigenvalue weighted by atomic mass is 32.1. The van der Waals surface area contributed by atoms with Gasteiger partial charge in [0, 0.05) is 17.5 Å². The van der Waals surface area contributed by atoms with Crippen LogP contribution in [0.2, 0.25) is 0 Å². The molecule has 5 rings (SSSR count). The average Bonchev–Trinajstić information content (AvgIpc) is 3.34. The molecule has 0 bridgehead atoms. The highest BCUT2D eigenvalue weighted by molar-refractivity contribution is 7.18. The third kappa shape index (κ3) is 3.81. The predicted octanol–water partition coefficient (Wildman–Crippen LogP) is 3.50. The van der Waals surface area contributed by atoms with Crippen LogP contribution in [0.4, 0.5) is 0 Å². The van der Waals surface area contributed by atoms with Crippen LogP contribution in [-0.4, -0.2) is 37.9 Å². The third-order valence-electron chi connectivity index (χ3n) is 6.25. The van der Waals surface area contributed by atoms with Crippen molar-refractivity contribution in [1.82, 2.24) is 24.8 Å². The second-order valence-electron chi connectivity index (χ2n) is 8.46. The maximum absolute atomic E-state index is 13.3. The van der Waals surface area contributed by atoms with Crippen molar-refractivity contribution in [3.05, 3.63) is 73.9 Å². The molecule has 0 fully saturated rings. The topological polar surface area (TPSA) is 77.0 Å². The van der Waals surface area contributed by atoms with Gasteiger partial charge in [0.05, 0.1) is 18.3 Å². The molecule has 0 amide bonds. The monoisotopic (exact) mass is 435 g/mol. The zero-order chi connectivity index (χ0) is 21.5. The van der Waals surface area contributed by atoms with Gasteiger partial charge in [-0.05, 0) is 51.3 Å². The lowest BCUT2D eigenvalue weighted by Gasteiger charge is -2.30. The number of nitrogens with zero attached hydrogens (tertiary/aromatic N) is 5. The van der Waals surface area contributed by atoms with Crippen molar-refractivity contribution in [2.45, 2.75) is 52.2 Å². The van der Waals surface area contributed by atoms with Gasteiger partial charge in [0.15, 0.2) is 0 Å². The number of hydrogen-bond acceptors (Lipinski definition) is 7.